The molecule has 1 aromatic carbocycles. The highest BCUT2D eigenvalue weighted by molar-refractivity contribution is 8.13. The number of nitrogens with two attached hydrogens (primary N) is 1. The molecule has 90 valence electrons. The summed E-state index contributed by atoms with van der Waals surface area (Å²) in [6.07, 6.45) is 3.74. The van der Waals surface area contributed by atoms with Crippen molar-refractivity contribution >= 4 is 29.4 Å². The molecule has 0 unspecified atom stereocenters. The summed E-state index contributed by atoms with van der Waals surface area (Å²) < 4.78 is 0. The number of benzene rings is 1. The number of aromatic hydroxyl groups is 1. The summed E-state index contributed by atoms with van der Waals surface area (Å²) in [4.78, 5) is 10.7. The van der Waals surface area contributed by atoms with Gasteiger partial charge in [-0.3, -0.25) is 4.79 Å². The van der Waals surface area contributed by atoms with Crippen LogP contribution in [0.5, 0.6) is 5.75 Å². The fourth-order valence-electron chi connectivity index (χ4n) is 1.21. The van der Waals surface area contributed by atoms with Crippen LogP contribution in [0.4, 0.5) is 0 Å². The minimum absolute atomic E-state index is 0.104. The molecule has 1 aromatic rings. The van der Waals surface area contributed by atoms with Crippen LogP contribution in [0.15, 0.2) is 22.3 Å². The minimum atomic E-state index is -0.104. The van der Waals surface area contributed by atoms with Crippen molar-refractivity contribution in [3.63, 3.8) is 0 Å². The predicted molar refractivity (Wildman–Crippen MR) is 71.0 cm³/mol. The number of thioether (sulfide) groups is 1. The molecule has 0 atom stereocenters. The number of aldehydes is 1. The van der Waals surface area contributed by atoms with Crippen LogP contribution in [0, 0.1) is 6.92 Å². The molecular formula is C11H13N3O2S. The van der Waals surface area contributed by atoms with Crippen LogP contribution >= 0.6 is 11.8 Å². The Hall–Kier alpha value is -1.82. The molecule has 3 N–H and O–H groups in total. The van der Waals surface area contributed by atoms with Gasteiger partial charge < -0.3 is 10.8 Å². The van der Waals surface area contributed by atoms with Crippen LogP contribution in [-0.2, 0) is 0 Å². The molecule has 0 spiro atoms. The lowest BCUT2D eigenvalue weighted by Crippen LogP contribution is -2.04. The topological polar surface area (TPSA) is 88.0 Å². The van der Waals surface area contributed by atoms with E-state index in [1.165, 1.54) is 18.0 Å². The Morgan fingerprint density at radius 1 is 1.47 bits per heavy atom. The number of phenols is 1. The molecule has 5 nitrogen and oxygen atoms in total. The zero-order valence-electron chi connectivity index (χ0n) is 9.54. The van der Waals surface area contributed by atoms with Crippen LogP contribution in [0.2, 0.25) is 0 Å². The first-order valence-corrected chi connectivity index (χ1v) is 6.00. The summed E-state index contributed by atoms with van der Waals surface area (Å²) in [6, 6.07) is 3.30. The summed E-state index contributed by atoms with van der Waals surface area (Å²) in [6.45, 7) is 1.82. The molecule has 0 bridgehead atoms. The smallest absolute Gasteiger partial charge is 0.180 e. The van der Waals surface area contributed by atoms with E-state index in [2.05, 4.69) is 10.2 Å². The Kier molecular flexibility index (Phi) is 4.71. The van der Waals surface area contributed by atoms with Gasteiger partial charge >= 0.3 is 0 Å². The zero-order chi connectivity index (χ0) is 12.8. The highest BCUT2D eigenvalue weighted by Crippen LogP contribution is 2.21. The van der Waals surface area contributed by atoms with Gasteiger partial charge in [0, 0.05) is 5.56 Å². The first kappa shape index (κ1) is 13.2. The molecule has 0 saturated heterocycles. The van der Waals surface area contributed by atoms with Gasteiger partial charge in [-0.05, 0) is 30.9 Å². The van der Waals surface area contributed by atoms with E-state index in [0.29, 0.717) is 17.0 Å². The summed E-state index contributed by atoms with van der Waals surface area (Å²) in [5, 5.41) is 17.5. The number of carbonyl (C=O) groups is 1. The van der Waals surface area contributed by atoms with Gasteiger partial charge in [-0.25, -0.2) is 0 Å². The summed E-state index contributed by atoms with van der Waals surface area (Å²) in [5.41, 5.74) is 6.96. The first-order valence-electron chi connectivity index (χ1n) is 4.77. The second-order valence-electron chi connectivity index (χ2n) is 3.30. The third-order valence-electron chi connectivity index (χ3n) is 2.00. The van der Waals surface area contributed by atoms with Gasteiger partial charge in [-0.1, -0.05) is 11.8 Å². The fraction of sp³-hybridized carbons (Fsp3) is 0.182. The average Bonchev–Trinajstić information content (AvgIpc) is 2.32. The lowest BCUT2D eigenvalue weighted by atomic mass is 10.1. The van der Waals surface area contributed by atoms with E-state index in [-0.39, 0.29) is 11.3 Å². The Morgan fingerprint density at radius 3 is 2.71 bits per heavy atom. The van der Waals surface area contributed by atoms with Crippen molar-refractivity contribution in [2.24, 2.45) is 15.9 Å². The van der Waals surface area contributed by atoms with Crippen molar-refractivity contribution in [3.8, 4) is 5.75 Å². The molecule has 0 aliphatic rings. The van der Waals surface area contributed by atoms with Crippen LogP contribution in [0.3, 0.4) is 0 Å². The van der Waals surface area contributed by atoms with Crippen LogP contribution in [-0.4, -0.2) is 29.0 Å². The second-order valence-corrected chi connectivity index (χ2v) is 4.12. The molecule has 0 amide bonds. The lowest BCUT2D eigenvalue weighted by Gasteiger charge is -2.03. The molecule has 0 radical (unpaired) electrons. The number of hydrogen-bond acceptors (Lipinski definition) is 5. The van der Waals surface area contributed by atoms with Gasteiger partial charge in [-0.2, -0.15) is 5.10 Å². The number of amidine groups is 1. The monoisotopic (exact) mass is 251 g/mol. The van der Waals surface area contributed by atoms with Gasteiger partial charge in [0.1, 0.15) is 5.75 Å². The second kappa shape index (κ2) is 6.05. The molecule has 17 heavy (non-hydrogen) atoms. The first-order chi connectivity index (χ1) is 8.08. The van der Waals surface area contributed by atoms with E-state index in [1.54, 1.807) is 18.4 Å². The van der Waals surface area contributed by atoms with E-state index in [4.69, 9.17) is 5.73 Å². The maximum Gasteiger partial charge on any atom is 0.180 e. The molecule has 6 heteroatoms. The Morgan fingerprint density at radius 2 is 2.12 bits per heavy atom. The average molecular weight is 251 g/mol. The van der Waals surface area contributed by atoms with Gasteiger partial charge in [-0.15, -0.1) is 5.10 Å². The highest BCUT2D eigenvalue weighted by Gasteiger charge is 2.05. The molecule has 0 fully saturated rings. The van der Waals surface area contributed by atoms with Gasteiger partial charge in [0.2, 0.25) is 0 Å². The normalized spacial score (nSPS) is 12.0. The SMILES string of the molecule is CS/C(N)=N\N=C/c1cc(C)cc(C=O)c1O. The lowest BCUT2D eigenvalue weighted by molar-refractivity contribution is 0.112. The maximum absolute atomic E-state index is 10.7. The molecule has 0 aromatic heterocycles. The highest BCUT2D eigenvalue weighted by atomic mass is 32.2. The van der Waals surface area contributed by atoms with Crippen molar-refractivity contribution in [1.82, 2.24) is 0 Å². The van der Waals surface area contributed by atoms with Crippen LogP contribution in [0.1, 0.15) is 21.5 Å². The molecular weight excluding hydrogens is 238 g/mol. The summed E-state index contributed by atoms with van der Waals surface area (Å²) in [5.74, 6) is -0.104. The van der Waals surface area contributed by atoms with Gasteiger partial charge in [0.05, 0.1) is 11.8 Å². The quantitative estimate of drug-likeness (QED) is 0.369. The maximum atomic E-state index is 10.7. The summed E-state index contributed by atoms with van der Waals surface area (Å²) in [7, 11) is 0. The van der Waals surface area contributed by atoms with Crippen LogP contribution < -0.4 is 5.73 Å². The molecule has 0 saturated carbocycles. The predicted octanol–water partition coefficient (Wildman–Crippen LogP) is 1.52. The summed E-state index contributed by atoms with van der Waals surface area (Å²) >= 11 is 1.27. The third-order valence-corrected chi connectivity index (χ3v) is 2.50. The van der Waals surface area contributed by atoms with E-state index in [9.17, 15) is 9.90 Å². The van der Waals surface area contributed by atoms with Crippen LogP contribution in [0.25, 0.3) is 0 Å². The van der Waals surface area contributed by atoms with Crippen molar-refractivity contribution in [1.29, 1.82) is 0 Å². The van der Waals surface area contributed by atoms with E-state index >= 15 is 0 Å². The Labute approximate surface area is 103 Å². The largest absolute Gasteiger partial charge is 0.507 e. The van der Waals surface area contributed by atoms with E-state index < -0.39 is 0 Å². The van der Waals surface area contributed by atoms with Crippen molar-refractivity contribution in [2.75, 3.05) is 6.26 Å². The van der Waals surface area contributed by atoms with Crippen molar-refractivity contribution in [3.05, 3.63) is 28.8 Å². The Bertz CT molecular complexity index is 484. The van der Waals surface area contributed by atoms with Gasteiger partial charge in [0.15, 0.2) is 11.5 Å². The number of rotatable bonds is 3. The van der Waals surface area contributed by atoms with E-state index in [1.807, 2.05) is 6.92 Å². The molecule has 0 aliphatic carbocycles. The molecule has 0 heterocycles. The van der Waals surface area contributed by atoms with Crippen molar-refractivity contribution in [2.45, 2.75) is 6.92 Å². The standard InChI is InChI=1S/C11H13N3O2S/c1-7-3-8(5-13-14-11(12)17-2)10(16)9(4-7)6-15/h3-6,16H,1-2H3,(H2,12,14)/b13-5-. The number of nitrogens with zero attached hydrogens (tertiary/aromatic N) is 2. The number of carbonyl (C=O) groups excluding carboxylic acids is 1. The third kappa shape index (κ3) is 3.60. The number of hydrogen-bond donors (Lipinski definition) is 2. The van der Waals surface area contributed by atoms with Crippen molar-refractivity contribution < 1.29 is 9.90 Å². The zero-order valence-corrected chi connectivity index (χ0v) is 10.4. The Balaban J connectivity index is 3.06. The number of aryl methyl sites for hydroxylation is 1. The molecule has 1 rings (SSSR count). The van der Waals surface area contributed by atoms with E-state index in [0.717, 1.165) is 5.56 Å². The van der Waals surface area contributed by atoms with Gasteiger partial charge in [0.25, 0.3) is 0 Å². The fourth-order valence-corrected chi connectivity index (χ4v) is 1.34. The minimum Gasteiger partial charge on any atom is -0.507 e. The molecule has 0 aliphatic heterocycles. The number of phenolic OH excluding ortho intramolecular Hbond substituents is 1.